The third kappa shape index (κ3) is 3.32. The maximum Gasteiger partial charge on any atom is 0.326 e. The van der Waals surface area contributed by atoms with Gasteiger partial charge in [-0.2, -0.15) is 0 Å². The zero-order valence-electron chi connectivity index (χ0n) is 7.99. The van der Waals surface area contributed by atoms with Crippen LogP contribution in [0, 0.1) is 0 Å². The van der Waals surface area contributed by atoms with Crippen LogP contribution in [0.4, 0.5) is 0 Å². The summed E-state index contributed by atoms with van der Waals surface area (Å²) in [5, 5.41) is 11.2. The third-order valence-corrected chi connectivity index (χ3v) is 3.43. The van der Waals surface area contributed by atoms with Crippen molar-refractivity contribution < 1.29 is 14.7 Å². The molecule has 0 aliphatic rings. The van der Waals surface area contributed by atoms with E-state index in [0.29, 0.717) is 11.3 Å². The first-order valence-corrected chi connectivity index (χ1v) is 5.94. The number of amides is 1. The molecule has 1 amide bonds. The second-order valence-electron chi connectivity index (χ2n) is 2.88. The fraction of sp³-hybridized carbons (Fsp3) is 0.333. The summed E-state index contributed by atoms with van der Waals surface area (Å²) < 4.78 is 0.844. The van der Waals surface area contributed by atoms with Crippen molar-refractivity contribution in [3.05, 3.63) is 20.8 Å². The Morgan fingerprint density at radius 1 is 1.60 bits per heavy atom. The summed E-state index contributed by atoms with van der Waals surface area (Å²) in [6.07, 6.45) is 0.369. The van der Waals surface area contributed by atoms with E-state index < -0.39 is 12.0 Å². The smallest absolute Gasteiger partial charge is 0.326 e. The number of halogens is 1. The minimum absolute atomic E-state index is 0.347. The first-order valence-electron chi connectivity index (χ1n) is 4.33. The number of hydrogen-bond acceptors (Lipinski definition) is 3. The molecule has 0 spiro atoms. The second kappa shape index (κ2) is 5.27. The maximum atomic E-state index is 11.5. The van der Waals surface area contributed by atoms with E-state index in [4.69, 9.17) is 5.11 Å². The third-order valence-electron chi connectivity index (χ3n) is 1.81. The van der Waals surface area contributed by atoms with Gasteiger partial charge in [0.2, 0.25) is 0 Å². The fourth-order valence-corrected chi connectivity index (χ4v) is 2.29. The van der Waals surface area contributed by atoms with Gasteiger partial charge in [-0.3, -0.25) is 4.79 Å². The van der Waals surface area contributed by atoms with Gasteiger partial charge in [0, 0.05) is 0 Å². The average Bonchev–Trinajstić information content (AvgIpc) is 2.60. The number of hydrogen-bond donors (Lipinski definition) is 2. The van der Waals surface area contributed by atoms with Crippen molar-refractivity contribution >= 4 is 39.1 Å². The van der Waals surface area contributed by atoms with E-state index in [1.165, 1.54) is 11.3 Å². The molecule has 82 valence electrons. The summed E-state index contributed by atoms with van der Waals surface area (Å²) in [6.45, 7) is 1.71. The maximum absolute atomic E-state index is 11.5. The van der Waals surface area contributed by atoms with E-state index in [-0.39, 0.29) is 5.91 Å². The molecule has 0 aliphatic carbocycles. The molecule has 1 rings (SSSR count). The van der Waals surface area contributed by atoms with Gasteiger partial charge >= 0.3 is 5.97 Å². The molecule has 1 aromatic heterocycles. The van der Waals surface area contributed by atoms with Gasteiger partial charge in [0.25, 0.3) is 5.91 Å². The molecule has 0 saturated heterocycles. The number of carboxylic acids is 1. The highest BCUT2D eigenvalue weighted by Gasteiger charge is 2.19. The number of rotatable bonds is 4. The highest BCUT2D eigenvalue weighted by molar-refractivity contribution is 9.11. The van der Waals surface area contributed by atoms with Crippen molar-refractivity contribution in [1.29, 1.82) is 0 Å². The lowest BCUT2D eigenvalue weighted by molar-refractivity contribution is -0.139. The first-order chi connectivity index (χ1) is 7.04. The number of thiophene rings is 1. The lowest BCUT2D eigenvalue weighted by Gasteiger charge is -2.10. The van der Waals surface area contributed by atoms with Crippen molar-refractivity contribution in [2.45, 2.75) is 19.4 Å². The van der Waals surface area contributed by atoms with Crippen molar-refractivity contribution in [1.82, 2.24) is 5.32 Å². The van der Waals surface area contributed by atoms with Crippen molar-refractivity contribution in [3.63, 3.8) is 0 Å². The van der Waals surface area contributed by atoms with Crippen LogP contribution in [0.25, 0.3) is 0 Å². The Morgan fingerprint density at radius 3 is 2.67 bits per heavy atom. The lowest BCUT2D eigenvalue weighted by atomic mass is 10.2. The molecule has 0 aliphatic heterocycles. The van der Waals surface area contributed by atoms with Gasteiger partial charge in [-0.15, -0.1) is 11.3 Å². The van der Waals surface area contributed by atoms with Crippen LogP contribution in [0.1, 0.15) is 23.0 Å². The van der Waals surface area contributed by atoms with Crippen LogP contribution in [0.3, 0.4) is 0 Å². The Balaban J connectivity index is 2.66. The van der Waals surface area contributed by atoms with E-state index >= 15 is 0 Å². The molecule has 0 saturated carbocycles. The Morgan fingerprint density at radius 2 is 2.27 bits per heavy atom. The van der Waals surface area contributed by atoms with Crippen molar-refractivity contribution in [2.75, 3.05) is 0 Å². The van der Waals surface area contributed by atoms with Crippen LogP contribution in [0.2, 0.25) is 0 Å². The molecule has 6 heteroatoms. The van der Waals surface area contributed by atoms with Gasteiger partial charge in [-0.05, 0) is 34.5 Å². The number of carbonyl (C=O) groups is 2. The molecule has 0 fully saturated rings. The number of aliphatic carboxylic acids is 1. The van der Waals surface area contributed by atoms with Crippen LogP contribution >= 0.6 is 27.3 Å². The van der Waals surface area contributed by atoms with Crippen molar-refractivity contribution in [3.8, 4) is 0 Å². The Bertz CT molecular complexity index is 377. The van der Waals surface area contributed by atoms with E-state index in [9.17, 15) is 9.59 Å². The monoisotopic (exact) mass is 291 g/mol. The van der Waals surface area contributed by atoms with Gasteiger partial charge in [0.1, 0.15) is 6.04 Å². The molecule has 1 heterocycles. The highest BCUT2D eigenvalue weighted by atomic mass is 79.9. The Labute approximate surface area is 99.4 Å². The Hall–Kier alpha value is -0.880. The average molecular weight is 292 g/mol. The molecular formula is C9H10BrNO3S. The highest BCUT2D eigenvalue weighted by Crippen LogP contribution is 2.21. The summed E-state index contributed by atoms with van der Waals surface area (Å²) in [5.74, 6) is -1.36. The number of nitrogens with one attached hydrogen (secondary N) is 1. The predicted molar refractivity (Wildman–Crippen MR) is 61.2 cm³/mol. The molecular weight excluding hydrogens is 282 g/mol. The molecule has 1 atom stereocenters. The van der Waals surface area contributed by atoms with E-state index in [1.54, 1.807) is 19.1 Å². The zero-order chi connectivity index (χ0) is 11.4. The van der Waals surface area contributed by atoms with Gasteiger partial charge in [-0.1, -0.05) is 6.92 Å². The van der Waals surface area contributed by atoms with Crippen LogP contribution in [-0.4, -0.2) is 23.0 Å². The molecule has 0 bridgehead atoms. The number of carbonyl (C=O) groups excluding carboxylic acids is 1. The normalized spacial score (nSPS) is 12.1. The minimum Gasteiger partial charge on any atom is -0.480 e. The largest absolute Gasteiger partial charge is 0.480 e. The van der Waals surface area contributed by atoms with Gasteiger partial charge in [0.05, 0.1) is 8.66 Å². The SMILES string of the molecule is CCC(NC(=O)c1ccc(Br)s1)C(=O)O. The van der Waals surface area contributed by atoms with E-state index in [1.807, 2.05) is 0 Å². The van der Waals surface area contributed by atoms with Crippen LogP contribution in [0.5, 0.6) is 0 Å². The standard InChI is InChI=1S/C9H10BrNO3S/c1-2-5(9(13)14)11-8(12)6-3-4-7(10)15-6/h3-5H,2H2,1H3,(H,11,12)(H,13,14). The molecule has 2 N–H and O–H groups in total. The van der Waals surface area contributed by atoms with E-state index in [2.05, 4.69) is 21.2 Å². The van der Waals surface area contributed by atoms with Crippen LogP contribution in [-0.2, 0) is 4.79 Å². The lowest BCUT2D eigenvalue weighted by Crippen LogP contribution is -2.39. The predicted octanol–water partition coefficient (Wildman–Crippen LogP) is 2.10. The molecule has 0 radical (unpaired) electrons. The fourth-order valence-electron chi connectivity index (χ4n) is 1.00. The molecule has 4 nitrogen and oxygen atoms in total. The zero-order valence-corrected chi connectivity index (χ0v) is 10.4. The summed E-state index contributed by atoms with van der Waals surface area (Å²) in [6, 6.07) is 2.58. The van der Waals surface area contributed by atoms with Gasteiger partial charge in [0.15, 0.2) is 0 Å². The summed E-state index contributed by atoms with van der Waals surface area (Å²) in [4.78, 5) is 22.7. The van der Waals surface area contributed by atoms with Crippen LogP contribution < -0.4 is 5.32 Å². The first kappa shape index (κ1) is 12.2. The Kier molecular flexibility index (Phi) is 4.28. The van der Waals surface area contributed by atoms with Gasteiger partial charge < -0.3 is 10.4 Å². The minimum atomic E-state index is -1.01. The number of carboxylic acid groups (broad SMARTS) is 1. The van der Waals surface area contributed by atoms with Crippen LogP contribution in [0.15, 0.2) is 15.9 Å². The van der Waals surface area contributed by atoms with Crippen molar-refractivity contribution in [2.24, 2.45) is 0 Å². The molecule has 1 unspecified atom stereocenters. The van der Waals surface area contributed by atoms with Gasteiger partial charge in [-0.25, -0.2) is 4.79 Å². The second-order valence-corrected chi connectivity index (χ2v) is 5.34. The molecule has 0 aromatic carbocycles. The topological polar surface area (TPSA) is 66.4 Å². The quantitative estimate of drug-likeness (QED) is 0.893. The van der Waals surface area contributed by atoms with E-state index in [0.717, 1.165) is 3.79 Å². The molecule has 1 aromatic rings. The summed E-state index contributed by atoms with van der Waals surface area (Å²) >= 11 is 4.51. The summed E-state index contributed by atoms with van der Waals surface area (Å²) in [7, 11) is 0. The summed E-state index contributed by atoms with van der Waals surface area (Å²) in [5.41, 5.74) is 0. The molecule has 15 heavy (non-hydrogen) atoms.